The molecule has 2 aromatic heterocycles. The van der Waals surface area contributed by atoms with Gasteiger partial charge < -0.3 is 20.7 Å². The van der Waals surface area contributed by atoms with Crippen LogP contribution in [0.25, 0.3) is 21.5 Å². The second kappa shape index (κ2) is 9.59. The topological polar surface area (TPSA) is 101 Å². The summed E-state index contributed by atoms with van der Waals surface area (Å²) in [6.07, 6.45) is 1.07. The number of ether oxygens (including phenoxy) is 1. The molecular formula is C24H25F2N7OS. The molecule has 0 saturated carbocycles. The SMILES string of the molecule is CC(C)N1CCOc2c(F)cc(-c3nc(Nc4nc5ccc(NCCN)cc5s4)ncc3F)cc21. The van der Waals surface area contributed by atoms with E-state index in [-0.39, 0.29) is 23.4 Å². The minimum atomic E-state index is -0.650. The summed E-state index contributed by atoms with van der Waals surface area (Å²) in [6, 6.07) is 8.91. The van der Waals surface area contributed by atoms with E-state index < -0.39 is 11.6 Å². The first-order valence-electron chi connectivity index (χ1n) is 11.3. The van der Waals surface area contributed by atoms with E-state index in [2.05, 4.69) is 25.6 Å². The summed E-state index contributed by atoms with van der Waals surface area (Å²) in [4.78, 5) is 15.0. The number of hydrogen-bond donors (Lipinski definition) is 3. The Hall–Kier alpha value is -3.57. The van der Waals surface area contributed by atoms with Gasteiger partial charge in [0.25, 0.3) is 0 Å². The fraction of sp³-hybridized carbons (Fsp3) is 0.292. The molecule has 3 heterocycles. The highest BCUT2D eigenvalue weighted by Crippen LogP contribution is 2.39. The van der Waals surface area contributed by atoms with Crippen LogP contribution in [0, 0.1) is 11.6 Å². The molecule has 11 heteroatoms. The number of nitrogens with two attached hydrogens (primary N) is 1. The van der Waals surface area contributed by atoms with Crippen molar-refractivity contribution in [3.63, 3.8) is 0 Å². The predicted molar refractivity (Wildman–Crippen MR) is 136 cm³/mol. The average molecular weight is 498 g/mol. The van der Waals surface area contributed by atoms with Gasteiger partial charge >= 0.3 is 0 Å². The van der Waals surface area contributed by atoms with Crippen LogP contribution < -0.4 is 26.0 Å². The molecule has 35 heavy (non-hydrogen) atoms. The summed E-state index contributed by atoms with van der Waals surface area (Å²) in [5.74, 6) is -0.864. The van der Waals surface area contributed by atoms with Crippen LogP contribution in [-0.4, -0.2) is 47.2 Å². The van der Waals surface area contributed by atoms with E-state index >= 15 is 0 Å². The molecule has 4 aromatic rings. The standard InChI is InChI=1S/C24H25F2N7OS/c1-13(2)33-7-8-34-22-16(25)9-14(10-19(22)33)21-17(26)12-29-23(31-21)32-24-30-18-4-3-15(28-6-5-27)11-20(18)35-24/h3-4,9-13,28H,5-8,27H2,1-2H3,(H,29,30,31,32). The first kappa shape index (κ1) is 23.2. The molecule has 0 aliphatic carbocycles. The zero-order valence-electron chi connectivity index (χ0n) is 19.3. The predicted octanol–water partition coefficient (Wildman–Crippen LogP) is 4.75. The van der Waals surface area contributed by atoms with Gasteiger partial charge in [-0.1, -0.05) is 11.3 Å². The average Bonchev–Trinajstić information content (AvgIpc) is 3.25. The van der Waals surface area contributed by atoms with Gasteiger partial charge in [0.1, 0.15) is 12.3 Å². The van der Waals surface area contributed by atoms with Crippen molar-refractivity contribution in [1.29, 1.82) is 0 Å². The van der Waals surface area contributed by atoms with E-state index in [4.69, 9.17) is 10.5 Å². The maximum Gasteiger partial charge on any atom is 0.229 e. The van der Waals surface area contributed by atoms with Gasteiger partial charge in [-0.3, -0.25) is 5.32 Å². The van der Waals surface area contributed by atoms with E-state index in [0.717, 1.165) is 22.1 Å². The second-order valence-corrected chi connectivity index (χ2v) is 9.40. The molecule has 0 bridgehead atoms. The quantitative estimate of drug-likeness (QED) is 0.336. The van der Waals surface area contributed by atoms with Gasteiger partial charge in [0.05, 0.1) is 28.6 Å². The molecule has 8 nitrogen and oxygen atoms in total. The molecule has 182 valence electrons. The van der Waals surface area contributed by atoms with Crippen LogP contribution in [-0.2, 0) is 0 Å². The number of halogens is 2. The minimum Gasteiger partial charge on any atom is -0.486 e. The number of fused-ring (bicyclic) bond motifs is 2. The fourth-order valence-corrected chi connectivity index (χ4v) is 4.90. The van der Waals surface area contributed by atoms with Crippen LogP contribution in [0.15, 0.2) is 36.5 Å². The zero-order valence-corrected chi connectivity index (χ0v) is 20.1. The Morgan fingerprint density at radius 3 is 2.83 bits per heavy atom. The molecule has 0 radical (unpaired) electrons. The highest BCUT2D eigenvalue weighted by Gasteiger charge is 2.25. The van der Waals surface area contributed by atoms with Crippen LogP contribution in [0.3, 0.4) is 0 Å². The van der Waals surface area contributed by atoms with E-state index in [9.17, 15) is 8.78 Å². The van der Waals surface area contributed by atoms with Crippen LogP contribution in [0.2, 0.25) is 0 Å². The van der Waals surface area contributed by atoms with Crippen molar-refractivity contribution >= 4 is 44.0 Å². The Bertz CT molecular complexity index is 1380. The van der Waals surface area contributed by atoms with Gasteiger partial charge in [0, 0.05) is 30.4 Å². The molecule has 0 unspecified atom stereocenters. The summed E-state index contributed by atoms with van der Waals surface area (Å²) >= 11 is 1.42. The molecule has 2 aromatic carbocycles. The van der Waals surface area contributed by atoms with Crippen molar-refractivity contribution in [2.75, 3.05) is 41.8 Å². The van der Waals surface area contributed by atoms with E-state index in [1.165, 1.54) is 17.4 Å². The van der Waals surface area contributed by atoms with Crippen molar-refractivity contribution in [1.82, 2.24) is 15.0 Å². The van der Waals surface area contributed by atoms with Crippen molar-refractivity contribution in [3.05, 3.63) is 48.2 Å². The van der Waals surface area contributed by atoms with Crippen molar-refractivity contribution in [2.24, 2.45) is 5.73 Å². The molecule has 1 aliphatic rings. The Kier molecular flexibility index (Phi) is 6.35. The third kappa shape index (κ3) is 4.69. The zero-order chi connectivity index (χ0) is 24.5. The van der Waals surface area contributed by atoms with Crippen molar-refractivity contribution in [2.45, 2.75) is 19.9 Å². The summed E-state index contributed by atoms with van der Waals surface area (Å²) in [5, 5.41) is 6.84. The van der Waals surface area contributed by atoms with Gasteiger partial charge in [-0.2, -0.15) is 0 Å². The number of nitrogens with one attached hydrogen (secondary N) is 2. The first-order chi connectivity index (χ1) is 16.9. The van der Waals surface area contributed by atoms with Gasteiger partial charge in [0.2, 0.25) is 5.95 Å². The maximum atomic E-state index is 14.9. The number of benzene rings is 2. The number of aromatic nitrogens is 3. The van der Waals surface area contributed by atoms with Gasteiger partial charge in [-0.15, -0.1) is 0 Å². The Morgan fingerprint density at radius 1 is 1.17 bits per heavy atom. The maximum absolute atomic E-state index is 14.9. The third-order valence-electron chi connectivity index (χ3n) is 5.63. The normalized spacial score (nSPS) is 13.1. The van der Waals surface area contributed by atoms with E-state index in [1.54, 1.807) is 6.07 Å². The smallest absolute Gasteiger partial charge is 0.229 e. The molecule has 0 spiro atoms. The highest BCUT2D eigenvalue weighted by molar-refractivity contribution is 7.22. The third-order valence-corrected chi connectivity index (χ3v) is 6.57. The summed E-state index contributed by atoms with van der Waals surface area (Å²) in [6.45, 7) is 6.25. The molecular weight excluding hydrogens is 472 g/mol. The monoisotopic (exact) mass is 497 g/mol. The molecule has 1 aliphatic heterocycles. The van der Waals surface area contributed by atoms with E-state index in [0.29, 0.717) is 42.6 Å². The fourth-order valence-electron chi connectivity index (χ4n) is 4.00. The Balaban J connectivity index is 1.46. The van der Waals surface area contributed by atoms with Gasteiger partial charge in [-0.05, 0) is 44.2 Å². The highest BCUT2D eigenvalue weighted by atomic mass is 32.1. The van der Waals surface area contributed by atoms with Crippen molar-refractivity contribution < 1.29 is 13.5 Å². The minimum absolute atomic E-state index is 0.00661. The number of rotatable bonds is 7. The molecule has 5 rings (SSSR count). The lowest BCUT2D eigenvalue weighted by atomic mass is 10.1. The molecule has 0 atom stereocenters. The lowest BCUT2D eigenvalue weighted by Gasteiger charge is -2.34. The van der Waals surface area contributed by atoms with Crippen molar-refractivity contribution in [3.8, 4) is 17.0 Å². The van der Waals surface area contributed by atoms with Gasteiger partial charge in [0.15, 0.2) is 22.5 Å². The number of thiazole rings is 1. The van der Waals surface area contributed by atoms with Crippen LogP contribution >= 0.6 is 11.3 Å². The number of hydrogen-bond acceptors (Lipinski definition) is 9. The number of nitrogens with zero attached hydrogens (tertiary/aromatic N) is 4. The second-order valence-electron chi connectivity index (χ2n) is 8.37. The van der Waals surface area contributed by atoms with Crippen LogP contribution in [0.5, 0.6) is 5.75 Å². The lowest BCUT2D eigenvalue weighted by Crippen LogP contribution is -2.38. The lowest BCUT2D eigenvalue weighted by molar-refractivity contribution is 0.287. The summed E-state index contributed by atoms with van der Waals surface area (Å²) in [5.41, 5.74) is 8.20. The molecule has 0 amide bonds. The van der Waals surface area contributed by atoms with Gasteiger partial charge in [-0.25, -0.2) is 23.7 Å². The molecule has 0 fully saturated rings. The summed E-state index contributed by atoms with van der Waals surface area (Å²) < 4.78 is 36.2. The van der Waals surface area contributed by atoms with E-state index in [1.807, 2.05) is 36.9 Å². The molecule has 4 N–H and O–H groups in total. The molecule has 0 saturated heterocycles. The van der Waals surface area contributed by atoms with Crippen LogP contribution in [0.4, 0.5) is 31.2 Å². The first-order valence-corrected chi connectivity index (χ1v) is 12.1. The Morgan fingerprint density at radius 2 is 2.03 bits per heavy atom. The van der Waals surface area contributed by atoms with Crippen LogP contribution in [0.1, 0.15) is 13.8 Å². The Labute approximate surface area is 205 Å². The largest absolute Gasteiger partial charge is 0.486 e. The summed E-state index contributed by atoms with van der Waals surface area (Å²) in [7, 11) is 0. The number of anilines is 4.